The number of rotatable bonds is 18. The third-order valence-corrected chi connectivity index (χ3v) is 11.8. The van der Waals surface area contributed by atoms with Crippen LogP contribution in [0.5, 0.6) is 17.2 Å². The summed E-state index contributed by atoms with van der Waals surface area (Å²) in [5.41, 5.74) is 9.91. The van der Waals surface area contributed by atoms with Crippen molar-refractivity contribution >= 4 is 0 Å². The van der Waals surface area contributed by atoms with Gasteiger partial charge in [-0.15, -0.1) is 0 Å². The summed E-state index contributed by atoms with van der Waals surface area (Å²) in [5, 5.41) is 34.3. The minimum Gasteiger partial charge on any atom is -0.507 e. The van der Waals surface area contributed by atoms with Gasteiger partial charge in [-0.3, -0.25) is 4.90 Å². The molecular weight excluding hydrogens is 602 g/mol. The van der Waals surface area contributed by atoms with Crippen molar-refractivity contribution in [2.45, 2.75) is 177 Å². The molecule has 0 aliphatic carbocycles. The topological polar surface area (TPSA) is 63.9 Å². The van der Waals surface area contributed by atoms with E-state index >= 15 is 0 Å². The molecule has 0 radical (unpaired) electrons. The van der Waals surface area contributed by atoms with Crippen LogP contribution in [-0.4, -0.2) is 20.2 Å². The molecule has 6 atom stereocenters. The Morgan fingerprint density at radius 1 is 0.367 bits per heavy atom. The fraction of sp³-hybridized carbons (Fsp3) is 0.600. The van der Waals surface area contributed by atoms with Gasteiger partial charge >= 0.3 is 0 Å². The summed E-state index contributed by atoms with van der Waals surface area (Å²) in [7, 11) is 0. The highest BCUT2D eigenvalue weighted by Gasteiger charge is 2.23. The lowest BCUT2D eigenvalue weighted by Crippen LogP contribution is -2.23. The standard InChI is InChI=1S/C45H69NO3/c1-13-28(7)37-19-34(20-38(43(37)47)29(8)14-2)25-46(26-35-21-39(30(9)15-3)44(48)40(22-35)31(10)16-4)27-36-23-41(32(11)17-5)45(49)42(24-36)33(12)18-6/h19-24,28-33,47-49H,13-18,25-27H2,1-12H3. The zero-order valence-corrected chi connectivity index (χ0v) is 33.1. The van der Waals surface area contributed by atoms with E-state index in [1.807, 2.05) is 0 Å². The molecule has 3 aromatic rings. The number of phenolic OH excluding ortho intramolecular Hbond substituents is 3. The zero-order valence-electron chi connectivity index (χ0n) is 33.1. The van der Waals surface area contributed by atoms with Crippen LogP contribution in [0.25, 0.3) is 0 Å². The molecule has 3 N–H and O–H groups in total. The summed E-state index contributed by atoms with van der Waals surface area (Å²) in [6.45, 7) is 28.6. The maximum absolute atomic E-state index is 11.4. The van der Waals surface area contributed by atoms with Crippen LogP contribution in [0.2, 0.25) is 0 Å². The molecule has 3 rings (SSSR count). The Bertz CT molecular complexity index is 1240. The number of aromatic hydroxyl groups is 3. The fourth-order valence-corrected chi connectivity index (χ4v) is 7.02. The maximum atomic E-state index is 11.4. The molecule has 0 aliphatic rings. The van der Waals surface area contributed by atoms with Crippen LogP contribution in [-0.2, 0) is 19.6 Å². The molecule has 0 heterocycles. The highest BCUT2D eigenvalue weighted by Crippen LogP contribution is 2.41. The van der Waals surface area contributed by atoms with E-state index in [2.05, 4.69) is 124 Å². The molecule has 4 heteroatoms. The van der Waals surface area contributed by atoms with Crippen molar-refractivity contribution in [3.05, 3.63) is 86.5 Å². The Kier molecular flexibility index (Phi) is 15.1. The lowest BCUT2D eigenvalue weighted by Gasteiger charge is -2.28. The molecule has 3 aromatic carbocycles. The Hall–Kier alpha value is -2.98. The number of benzene rings is 3. The van der Waals surface area contributed by atoms with Crippen molar-refractivity contribution in [3.8, 4) is 17.2 Å². The first-order valence-corrected chi connectivity index (χ1v) is 19.5. The van der Waals surface area contributed by atoms with Crippen LogP contribution < -0.4 is 0 Å². The molecule has 0 aromatic heterocycles. The molecular formula is C45H69NO3. The Labute approximate surface area is 300 Å². The largest absolute Gasteiger partial charge is 0.507 e. The molecule has 49 heavy (non-hydrogen) atoms. The summed E-state index contributed by atoms with van der Waals surface area (Å²) < 4.78 is 0. The van der Waals surface area contributed by atoms with Gasteiger partial charge in [-0.05, 0) is 124 Å². The van der Waals surface area contributed by atoms with Crippen LogP contribution in [0, 0.1) is 0 Å². The minimum atomic E-state index is 0.262. The van der Waals surface area contributed by atoms with Crippen LogP contribution in [0.15, 0.2) is 36.4 Å². The monoisotopic (exact) mass is 672 g/mol. The lowest BCUT2D eigenvalue weighted by atomic mass is 9.87. The highest BCUT2D eigenvalue weighted by molar-refractivity contribution is 5.50. The number of hydrogen-bond acceptors (Lipinski definition) is 4. The average molecular weight is 672 g/mol. The number of phenols is 3. The second kappa shape index (κ2) is 18.3. The number of nitrogens with zero attached hydrogens (tertiary/aromatic N) is 1. The van der Waals surface area contributed by atoms with Gasteiger partial charge in [-0.1, -0.05) is 119 Å². The minimum absolute atomic E-state index is 0.262. The van der Waals surface area contributed by atoms with Crippen LogP contribution in [0.1, 0.15) is 207 Å². The molecule has 272 valence electrons. The normalized spacial score (nSPS) is 15.6. The lowest BCUT2D eigenvalue weighted by molar-refractivity contribution is 0.246. The van der Waals surface area contributed by atoms with E-state index in [1.165, 1.54) is 16.7 Å². The smallest absolute Gasteiger partial charge is 0.122 e. The first-order valence-electron chi connectivity index (χ1n) is 19.5. The van der Waals surface area contributed by atoms with Crippen LogP contribution in [0.4, 0.5) is 0 Å². The first-order chi connectivity index (χ1) is 23.2. The molecule has 4 nitrogen and oxygen atoms in total. The molecule has 0 aliphatic heterocycles. The van der Waals surface area contributed by atoms with Gasteiger partial charge in [0.1, 0.15) is 17.2 Å². The van der Waals surface area contributed by atoms with Gasteiger partial charge in [0.15, 0.2) is 0 Å². The van der Waals surface area contributed by atoms with Crippen molar-refractivity contribution < 1.29 is 15.3 Å². The van der Waals surface area contributed by atoms with E-state index in [0.29, 0.717) is 17.2 Å². The summed E-state index contributed by atoms with van der Waals surface area (Å²) >= 11 is 0. The second-order valence-corrected chi connectivity index (χ2v) is 15.4. The molecule has 0 amide bonds. The molecule has 0 spiro atoms. The summed E-state index contributed by atoms with van der Waals surface area (Å²) in [4.78, 5) is 2.52. The Morgan fingerprint density at radius 3 is 0.673 bits per heavy atom. The van der Waals surface area contributed by atoms with E-state index in [4.69, 9.17) is 0 Å². The molecule has 0 fully saturated rings. The predicted molar refractivity (Wildman–Crippen MR) is 210 cm³/mol. The third kappa shape index (κ3) is 9.63. The van der Waals surface area contributed by atoms with E-state index in [-0.39, 0.29) is 35.5 Å². The highest BCUT2D eigenvalue weighted by atomic mass is 16.3. The predicted octanol–water partition coefficient (Wildman–Crippen LogP) is 13.1. The molecule has 0 bridgehead atoms. The van der Waals surface area contributed by atoms with Crippen LogP contribution in [0.3, 0.4) is 0 Å². The Morgan fingerprint density at radius 2 is 0.531 bits per heavy atom. The van der Waals surface area contributed by atoms with Gasteiger partial charge < -0.3 is 15.3 Å². The van der Waals surface area contributed by atoms with Crippen molar-refractivity contribution in [2.75, 3.05) is 0 Å². The SMILES string of the molecule is CCC(C)c1cc(CN(Cc2cc(C(C)CC)c(O)c(C(C)CC)c2)Cc2cc(C(C)CC)c(O)c(C(C)CC)c2)cc(C(C)CC)c1O. The van der Waals surface area contributed by atoms with Crippen molar-refractivity contribution in [1.29, 1.82) is 0 Å². The molecule has 0 saturated heterocycles. The maximum Gasteiger partial charge on any atom is 0.122 e. The van der Waals surface area contributed by atoms with Crippen molar-refractivity contribution in [2.24, 2.45) is 0 Å². The van der Waals surface area contributed by atoms with E-state index in [0.717, 1.165) is 91.5 Å². The molecule has 6 unspecified atom stereocenters. The third-order valence-electron chi connectivity index (χ3n) is 11.8. The summed E-state index contributed by atoms with van der Waals surface area (Å²) in [5.74, 6) is 2.96. The molecule has 0 saturated carbocycles. The van der Waals surface area contributed by atoms with Gasteiger partial charge in [0.2, 0.25) is 0 Å². The van der Waals surface area contributed by atoms with E-state index in [1.54, 1.807) is 0 Å². The van der Waals surface area contributed by atoms with Gasteiger partial charge in [0.25, 0.3) is 0 Å². The quantitative estimate of drug-likeness (QED) is 0.126. The first kappa shape index (κ1) is 40.4. The van der Waals surface area contributed by atoms with E-state index < -0.39 is 0 Å². The zero-order chi connectivity index (χ0) is 36.6. The van der Waals surface area contributed by atoms with Crippen molar-refractivity contribution in [1.82, 2.24) is 4.90 Å². The average Bonchev–Trinajstić information content (AvgIpc) is 3.11. The Balaban J connectivity index is 2.25. The van der Waals surface area contributed by atoms with Gasteiger partial charge in [-0.2, -0.15) is 0 Å². The van der Waals surface area contributed by atoms with Gasteiger partial charge in [0.05, 0.1) is 0 Å². The fourth-order valence-electron chi connectivity index (χ4n) is 7.02. The van der Waals surface area contributed by atoms with Gasteiger partial charge in [0, 0.05) is 19.6 Å². The second-order valence-electron chi connectivity index (χ2n) is 15.4. The number of hydrogen-bond donors (Lipinski definition) is 3. The summed E-state index contributed by atoms with van der Waals surface area (Å²) in [6.07, 6.45) is 5.81. The van der Waals surface area contributed by atoms with E-state index in [9.17, 15) is 15.3 Å². The van der Waals surface area contributed by atoms with Crippen LogP contribution >= 0.6 is 0 Å². The van der Waals surface area contributed by atoms with Crippen molar-refractivity contribution in [3.63, 3.8) is 0 Å². The van der Waals surface area contributed by atoms with Gasteiger partial charge in [-0.25, -0.2) is 0 Å². The summed E-state index contributed by atoms with van der Waals surface area (Å²) in [6, 6.07) is 13.4.